The predicted molar refractivity (Wildman–Crippen MR) is 106 cm³/mol. The molecule has 2 amide bonds. The number of amides is 2. The van der Waals surface area contributed by atoms with Crippen LogP contribution in [0.1, 0.15) is 46.1 Å². The molecular formula is C21H30N2O6. The SMILES string of the molecule is CCOC(=O)[C@H]1CC[C@@H](NC(=O)OC(C)(C)C)CN1C(=O)OCc1ccccc1. The number of hydrogen-bond donors (Lipinski definition) is 1. The molecule has 1 fully saturated rings. The fourth-order valence-corrected chi connectivity index (χ4v) is 3.05. The van der Waals surface area contributed by atoms with Crippen molar-refractivity contribution >= 4 is 18.2 Å². The Kier molecular flexibility index (Phi) is 7.87. The molecule has 0 aliphatic carbocycles. The average Bonchev–Trinajstić information content (AvgIpc) is 2.65. The number of piperidine rings is 1. The Balaban J connectivity index is 2.03. The fraction of sp³-hybridized carbons (Fsp3) is 0.571. The summed E-state index contributed by atoms with van der Waals surface area (Å²) in [7, 11) is 0. The molecule has 29 heavy (non-hydrogen) atoms. The van der Waals surface area contributed by atoms with Gasteiger partial charge in [-0.25, -0.2) is 14.4 Å². The van der Waals surface area contributed by atoms with Crippen LogP contribution in [-0.4, -0.2) is 53.9 Å². The van der Waals surface area contributed by atoms with Gasteiger partial charge in [-0.3, -0.25) is 4.90 Å². The Bertz CT molecular complexity index is 701. The maximum absolute atomic E-state index is 12.7. The van der Waals surface area contributed by atoms with Crippen LogP contribution < -0.4 is 5.32 Å². The zero-order valence-corrected chi connectivity index (χ0v) is 17.5. The Labute approximate surface area is 171 Å². The highest BCUT2D eigenvalue weighted by atomic mass is 16.6. The van der Waals surface area contributed by atoms with E-state index < -0.39 is 29.8 Å². The molecule has 8 heteroatoms. The third kappa shape index (κ3) is 7.29. The zero-order valence-electron chi connectivity index (χ0n) is 17.5. The second-order valence-electron chi connectivity index (χ2n) is 7.88. The number of alkyl carbamates (subject to hydrolysis) is 1. The number of benzene rings is 1. The van der Waals surface area contributed by atoms with Crippen LogP contribution in [0.4, 0.5) is 9.59 Å². The van der Waals surface area contributed by atoms with E-state index in [1.54, 1.807) is 27.7 Å². The van der Waals surface area contributed by atoms with Crippen LogP contribution in [0, 0.1) is 0 Å². The van der Waals surface area contributed by atoms with Crippen molar-refractivity contribution in [3.05, 3.63) is 35.9 Å². The van der Waals surface area contributed by atoms with Gasteiger partial charge in [0, 0.05) is 6.54 Å². The standard InChI is InChI=1S/C21H30N2O6/c1-5-27-18(24)17-12-11-16(22-19(25)29-21(2,3)4)13-23(17)20(26)28-14-15-9-7-6-8-10-15/h6-10,16-17H,5,11-14H2,1-4H3,(H,22,25)/t16-,17-/m1/s1. The molecule has 1 N–H and O–H groups in total. The molecule has 0 radical (unpaired) electrons. The largest absolute Gasteiger partial charge is 0.464 e. The first kappa shape index (κ1) is 22.5. The monoisotopic (exact) mass is 406 g/mol. The number of carbonyl (C=O) groups excluding carboxylic acids is 3. The number of likely N-dealkylation sites (tertiary alicyclic amines) is 1. The molecule has 0 aromatic heterocycles. The van der Waals surface area contributed by atoms with Crippen molar-refractivity contribution in [1.82, 2.24) is 10.2 Å². The average molecular weight is 406 g/mol. The van der Waals surface area contributed by atoms with Gasteiger partial charge in [0.15, 0.2) is 0 Å². The van der Waals surface area contributed by atoms with E-state index in [1.807, 2.05) is 30.3 Å². The van der Waals surface area contributed by atoms with Gasteiger partial charge in [-0.1, -0.05) is 30.3 Å². The van der Waals surface area contributed by atoms with E-state index in [1.165, 1.54) is 4.90 Å². The first-order chi connectivity index (χ1) is 13.7. The van der Waals surface area contributed by atoms with Crippen molar-refractivity contribution < 1.29 is 28.6 Å². The Hall–Kier alpha value is -2.77. The second-order valence-corrected chi connectivity index (χ2v) is 7.88. The molecule has 0 saturated carbocycles. The molecule has 1 aromatic carbocycles. The molecular weight excluding hydrogens is 376 g/mol. The zero-order chi connectivity index (χ0) is 21.4. The number of esters is 1. The molecule has 2 atom stereocenters. The molecule has 1 aliphatic heterocycles. The minimum Gasteiger partial charge on any atom is -0.464 e. The van der Waals surface area contributed by atoms with Crippen molar-refractivity contribution in [2.45, 2.75) is 64.8 Å². The smallest absolute Gasteiger partial charge is 0.410 e. The van der Waals surface area contributed by atoms with E-state index in [9.17, 15) is 14.4 Å². The van der Waals surface area contributed by atoms with E-state index in [0.29, 0.717) is 12.8 Å². The molecule has 0 bridgehead atoms. The number of nitrogens with zero attached hydrogens (tertiary/aromatic N) is 1. The molecule has 1 saturated heterocycles. The van der Waals surface area contributed by atoms with E-state index in [-0.39, 0.29) is 25.8 Å². The van der Waals surface area contributed by atoms with Crippen LogP contribution in [0.25, 0.3) is 0 Å². The second kappa shape index (κ2) is 10.1. The highest BCUT2D eigenvalue weighted by Crippen LogP contribution is 2.21. The molecule has 8 nitrogen and oxygen atoms in total. The number of hydrogen-bond acceptors (Lipinski definition) is 6. The van der Waals surface area contributed by atoms with Crippen molar-refractivity contribution in [1.29, 1.82) is 0 Å². The van der Waals surface area contributed by atoms with Crippen molar-refractivity contribution in [3.63, 3.8) is 0 Å². The van der Waals surface area contributed by atoms with Gasteiger partial charge in [-0.15, -0.1) is 0 Å². The summed E-state index contributed by atoms with van der Waals surface area (Å²) < 4.78 is 15.8. The summed E-state index contributed by atoms with van der Waals surface area (Å²) >= 11 is 0. The maximum Gasteiger partial charge on any atom is 0.410 e. The topological polar surface area (TPSA) is 94.2 Å². The highest BCUT2D eigenvalue weighted by Gasteiger charge is 2.38. The van der Waals surface area contributed by atoms with Gasteiger partial charge in [0.05, 0.1) is 12.6 Å². The normalized spacial score (nSPS) is 19.2. The highest BCUT2D eigenvalue weighted by molar-refractivity contribution is 5.82. The van der Waals surface area contributed by atoms with Gasteiger partial charge >= 0.3 is 18.2 Å². The van der Waals surface area contributed by atoms with E-state index in [4.69, 9.17) is 14.2 Å². The lowest BCUT2D eigenvalue weighted by Gasteiger charge is -2.37. The van der Waals surface area contributed by atoms with Gasteiger partial charge in [0.25, 0.3) is 0 Å². The lowest BCUT2D eigenvalue weighted by molar-refractivity contribution is -0.150. The molecule has 1 heterocycles. The molecule has 1 aliphatic rings. The van der Waals surface area contributed by atoms with E-state index in [2.05, 4.69) is 5.32 Å². The number of ether oxygens (including phenoxy) is 3. The number of carbonyl (C=O) groups is 3. The number of rotatable bonds is 5. The van der Waals surface area contributed by atoms with Crippen LogP contribution in [0.15, 0.2) is 30.3 Å². The minimum absolute atomic E-state index is 0.0931. The Morgan fingerprint density at radius 2 is 1.79 bits per heavy atom. The predicted octanol–water partition coefficient (Wildman–Crippen LogP) is 3.24. The van der Waals surface area contributed by atoms with Crippen LogP contribution in [-0.2, 0) is 25.6 Å². The minimum atomic E-state index is -0.741. The van der Waals surface area contributed by atoms with Gasteiger partial charge in [0.2, 0.25) is 0 Å². The quantitative estimate of drug-likeness (QED) is 0.596. The molecule has 2 rings (SSSR count). The third-order valence-corrected chi connectivity index (χ3v) is 4.30. The summed E-state index contributed by atoms with van der Waals surface area (Å²) in [6.07, 6.45) is -0.303. The van der Waals surface area contributed by atoms with Gasteiger partial charge in [-0.05, 0) is 46.1 Å². The van der Waals surface area contributed by atoms with E-state index >= 15 is 0 Å². The lowest BCUT2D eigenvalue weighted by atomic mass is 9.98. The van der Waals surface area contributed by atoms with Crippen LogP contribution in [0.2, 0.25) is 0 Å². The van der Waals surface area contributed by atoms with Crippen molar-refractivity contribution in [2.24, 2.45) is 0 Å². The van der Waals surface area contributed by atoms with Crippen LogP contribution in [0.3, 0.4) is 0 Å². The fourth-order valence-electron chi connectivity index (χ4n) is 3.05. The summed E-state index contributed by atoms with van der Waals surface area (Å²) in [4.78, 5) is 38.4. The maximum atomic E-state index is 12.7. The van der Waals surface area contributed by atoms with Crippen LogP contribution >= 0.6 is 0 Å². The summed E-state index contributed by atoms with van der Waals surface area (Å²) in [5, 5.41) is 2.76. The van der Waals surface area contributed by atoms with E-state index in [0.717, 1.165) is 5.56 Å². The molecule has 1 aromatic rings. The van der Waals surface area contributed by atoms with Crippen molar-refractivity contribution in [3.8, 4) is 0 Å². The third-order valence-electron chi connectivity index (χ3n) is 4.30. The summed E-state index contributed by atoms with van der Waals surface area (Å²) in [5.74, 6) is -0.472. The van der Waals surface area contributed by atoms with Crippen LogP contribution in [0.5, 0.6) is 0 Å². The molecule has 0 unspecified atom stereocenters. The van der Waals surface area contributed by atoms with Gasteiger partial charge in [0.1, 0.15) is 18.2 Å². The summed E-state index contributed by atoms with van der Waals surface area (Å²) in [6.45, 7) is 7.49. The lowest BCUT2D eigenvalue weighted by Crippen LogP contribution is -2.57. The van der Waals surface area contributed by atoms with Gasteiger partial charge < -0.3 is 19.5 Å². The van der Waals surface area contributed by atoms with Crippen molar-refractivity contribution in [2.75, 3.05) is 13.2 Å². The number of nitrogens with one attached hydrogen (secondary N) is 1. The Morgan fingerprint density at radius 3 is 2.41 bits per heavy atom. The first-order valence-corrected chi connectivity index (χ1v) is 9.83. The molecule has 160 valence electrons. The summed E-state index contributed by atoms with van der Waals surface area (Å²) in [5.41, 5.74) is 0.217. The summed E-state index contributed by atoms with van der Waals surface area (Å²) in [6, 6.07) is 8.19. The van der Waals surface area contributed by atoms with Gasteiger partial charge in [-0.2, -0.15) is 0 Å². The molecule has 0 spiro atoms. The first-order valence-electron chi connectivity index (χ1n) is 9.83. The Morgan fingerprint density at radius 1 is 1.10 bits per heavy atom.